The van der Waals surface area contributed by atoms with E-state index < -0.39 is 0 Å². The van der Waals surface area contributed by atoms with Gasteiger partial charge in [-0.1, -0.05) is 28.9 Å². The second-order valence-electron chi connectivity index (χ2n) is 7.70. The molecule has 9 heteroatoms. The van der Waals surface area contributed by atoms with Gasteiger partial charge in [-0.2, -0.15) is 5.21 Å². The third-order valence-electron chi connectivity index (χ3n) is 5.94. The van der Waals surface area contributed by atoms with E-state index in [1.54, 1.807) is 0 Å². The van der Waals surface area contributed by atoms with E-state index >= 15 is 0 Å². The van der Waals surface area contributed by atoms with Crippen molar-refractivity contribution in [2.75, 3.05) is 18.9 Å². The number of ether oxygens (including phenoxy) is 1. The molecule has 1 aliphatic heterocycles. The van der Waals surface area contributed by atoms with Gasteiger partial charge in [-0.3, -0.25) is 4.90 Å². The topological polar surface area (TPSA) is 84.0 Å². The first kappa shape index (κ1) is 19.8. The smallest absolute Gasteiger partial charge is 0.369 e. The molecule has 1 saturated carbocycles. The maximum Gasteiger partial charge on any atom is 0.461 e. The summed E-state index contributed by atoms with van der Waals surface area (Å²) in [5, 5.41) is 15.3. The predicted octanol–water partition coefficient (Wildman–Crippen LogP) is 2.62. The fourth-order valence-corrected chi connectivity index (χ4v) is 4.96. The minimum atomic E-state index is 0.0129. The molecule has 7 nitrogen and oxygen atoms in total. The Bertz CT molecular complexity index is 752. The SMILES string of the molecule is O=[S+]C[C@H]1CN(C2CCC(c3nn[nH]n3)CC2)[C@@H](Cc2ccc(Cl)cc2)CO1. The number of tetrazole rings is 1. The van der Waals surface area contributed by atoms with Gasteiger partial charge >= 0.3 is 11.7 Å². The summed E-state index contributed by atoms with van der Waals surface area (Å²) in [5.41, 5.74) is 1.26. The van der Waals surface area contributed by atoms with Gasteiger partial charge in [0, 0.05) is 33.8 Å². The van der Waals surface area contributed by atoms with Crippen molar-refractivity contribution in [3.8, 4) is 0 Å². The summed E-state index contributed by atoms with van der Waals surface area (Å²) in [6.07, 6.45) is 5.28. The first-order valence-electron chi connectivity index (χ1n) is 9.83. The van der Waals surface area contributed by atoms with Crippen LogP contribution >= 0.6 is 11.6 Å². The molecule has 2 atom stereocenters. The second-order valence-corrected chi connectivity index (χ2v) is 8.70. The van der Waals surface area contributed by atoms with Crippen LogP contribution in [0.25, 0.3) is 0 Å². The van der Waals surface area contributed by atoms with Gasteiger partial charge in [0.2, 0.25) is 0 Å². The summed E-state index contributed by atoms with van der Waals surface area (Å²) in [7, 11) is 0. The summed E-state index contributed by atoms with van der Waals surface area (Å²) in [4.78, 5) is 2.59. The molecule has 1 saturated heterocycles. The Hall–Kier alpha value is -1.48. The number of rotatable bonds is 6. The lowest BCUT2D eigenvalue weighted by molar-refractivity contribution is -0.0752. The molecule has 0 unspecified atom stereocenters. The van der Waals surface area contributed by atoms with E-state index in [1.165, 1.54) is 5.56 Å². The lowest BCUT2D eigenvalue weighted by atomic mass is 9.83. The number of hydrogen-bond acceptors (Lipinski definition) is 6. The van der Waals surface area contributed by atoms with Crippen molar-refractivity contribution in [3.63, 3.8) is 0 Å². The number of benzene rings is 1. The van der Waals surface area contributed by atoms with E-state index in [0.29, 0.717) is 42.0 Å². The van der Waals surface area contributed by atoms with Crippen molar-refractivity contribution < 1.29 is 8.95 Å². The van der Waals surface area contributed by atoms with Gasteiger partial charge in [0.15, 0.2) is 5.82 Å². The molecule has 0 amide bonds. The first-order valence-corrected chi connectivity index (χ1v) is 11.1. The highest BCUT2D eigenvalue weighted by molar-refractivity contribution is 7.65. The number of hydrogen-bond donors (Lipinski definition) is 1. The highest BCUT2D eigenvalue weighted by Gasteiger charge is 2.38. The monoisotopic (exact) mass is 422 g/mol. The number of H-pyrrole nitrogens is 1. The third-order valence-corrected chi connectivity index (χ3v) is 6.70. The van der Waals surface area contributed by atoms with E-state index in [2.05, 4.69) is 37.7 Å². The van der Waals surface area contributed by atoms with Gasteiger partial charge in [0.25, 0.3) is 5.75 Å². The lowest BCUT2D eigenvalue weighted by Gasteiger charge is -2.45. The molecule has 150 valence electrons. The molecular formula is C19H25ClN5O2S+. The quantitative estimate of drug-likeness (QED) is 0.720. The molecule has 28 heavy (non-hydrogen) atoms. The first-order chi connectivity index (χ1) is 13.7. The van der Waals surface area contributed by atoms with Gasteiger partial charge in [-0.05, 0) is 49.8 Å². The largest absolute Gasteiger partial charge is 0.461 e. The van der Waals surface area contributed by atoms with Gasteiger partial charge in [0.1, 0.15) is 6.10 Å². The molecule has 4 rings (SSSR count). The molecule has 2 aromatic rings. The van der Waals surface area contributed by atoms with Crippen molar-refractivity contribution in [2.24, 2.45) is 0 Å². The minimum Gasteiger partial charge on any atom is -0.369 e. The number of nitrogens with zero attached hydrogens (tertiary/aromatic N) is 4. The zero-order chi connectivity index (χ0) is 19.3. The average molecular weight is 423 g/mol. The van der Waals surface area contributed by atoms with Gasteiger partial charge in [0.05, 0.1) is 6.61 Å². The zero-order valence-electron chi connectivity index (χ0n) is 15.7. The van der Waals surface area contributed by atoms with Crippen LogP contribution in [0.5, 0.6) is 0 Å². The maximum atomic E-state index is 11.0. The van der Waals surface area contributed by atoms with Crippen molar-refractivity contribution in [2.45, 2.75) is 56.2 Å². The van der Waals surface area contributed by atoms with E-state index in [0.717, 1.165) is 49.5 Å². The van der Waals surface area contributed by atoms with Crippen LogP contribution in [0.2, 0.25) is 5.02 Å². The van der Waals surface area contributed by atoms with Crippen molar-refractivity contribution in [1.29, 1.82) is 0 Å². The molecule has 2 heterocycles. The second kappa shape index (κ2) is 9.35. The van der Waals surface area contributed by atoms with Gasteiger partial charge in [-0.25, -0.2) is 0 Å². The predicted molar refractivity (Wildman–Crippen MR) is 107 cm³/mol. The van der Waals surface area contributed by atoms with E-state index in [1.807, 2.05) is 12.1 Å². The fourth-order valence-electron chi connectivity index (χ4n) is 4.48. The molecule has 1 N–H and O–H groups in total. The van der Waals surface area contributed by atoms with Crippen molar-refractivity contribution in [1.82, 2.24) is 25.5 Å². The molecule has 1 aromatic heterocycles. The summed E-state index contributed by atoms with van der Waals surface area (Å²) in [5.74, 6) is 1.72. The highest BCUT2D eigenvalue weighted by atomic mass is 35.5. The Balaban J connectivity index is 1.43. The summed E-state index contributed by atoms with van der Waals surface area (Å²) >= 11 is 6.65. The van der Waals surface area contributed by atoms with Gasteiger partial charge < -0.3 is 4.74 Å². The Morgan fingerprint density at radius 3 is 2.68 bits per heavy atom. The van der Waals surface area contributed by atoms with Crippen molar-refractivity contribution >= 4 is 23.3 Å². The van der Waals surface area contributed by atoms with Crippen LogP contribution in [0.3, 0.4) is 0 Å². The molecule has 1 aliphatic carbocycles. The number of aromatic amines is 1. The molecular weight excluding hydrogens is 398 g/mol. The molecule has 1 aromatic carbocycles. The third kappa shape index (κ3) is 4.74. The fraction of sp³-hybridized carbons (Fsp3) is 0.632. The minimum absolute atomic E-state index is 0.0129. The highest BCUT2D eigenvalue weighted by Crippen LogP contribution is 2.35. The Morgan fingerprint density at radius 1 is 1.21 bits per heavy atom. The molecule has 0 bridgehead atoms. The van der Waals surface area contributed by atoms with Crippen LogP contribution in [0.4, 0.5) is 0 Å². The molecule has 0 spiro atoms. The number of morpholine rings is 1. The van der Waals surface area contributed by atoms with Crippen LogP contribution < -0.4 is 0 Å². The Kier molecular flexibility index (Phi) is 6.61. The maximum absolute atomic E-state index is 11.0. The van der Waals surface area contributed by atoms with Crippen LogP contribution in [0.15, 0.2) is 24.3 Å². The Labute approximate surface area is 173 Å². The van der Waals surface area contributed by atoms with Crippen LogP contribution in [-0.2, 0) is 27.0 Å². The number of aromatic nitrogens is 4. The summed E-state index contributed by atoms with van der Waals surface area (Å²) in [6.45, 7) is 1.49. The number of halogens is 1. The van der Waals surface area contributed by atoms with E-state index in [4.69, 9.17) is 16.3 Å². The molecule has 2 aliphatic rings. The van der Waals surface area contributed by atoms with Crippen LogP contribution in [0, 0.1) is 0 Å². The summed E-state index contributed by atoms with van der Waals surface area (Å²) in [6, 6.07) is 8.89. The normalized spacial score (nSPS) is 28.9. The molecule has 2 fully saturated rings. The zero-order valence-corrected chi connectivity index (χ0v) is 17.2. The standard InChI is InChI=1S/C19H25ClN5O2S/c20-15-5-1-13(2-6-15)9-17-11-27-18(12-28-26)10-25(17)16-7-3-14(4-8-16)19-21-23-24-22-19/h1-2,5-6,14,16-18H,3-4,7-12H2,(H,21,22,23,24)/q+1/t14?,16?,17-,18+/m0/s1. The Morgan fingerprint density at radius 2 is 2.00 bits per heavy atom. The lowest BCUT2D eigenvalue weighted by Crippen LogP contribution is -2.56. The van der Waals surface area contributed by atoms with E-state index in [-0.39, 0.29) is 6.10 Å². The summed E-state index contributed by atoms with van der Waals surface area (Å²) < 4.78 is 17.0. The number of nitrogens with one attached hydrogen (secondary N) is 1. The van der Waals surface area contributed by atoms with Gasteiger partial charge in [-0.15, -0.1) is 10.2 Å². The molecule has 0 radical (unpaired) electrons. The van der Waals surface area contributed by atoms with Crippen LogP contribution in [-0.4, -0.2) is 62.6 Å². The van der Waals surface area contributed by atoms with Crippen LogP contribution in [0.1, 0.15) is 43.0 Å². The van der Waals surface area contributed by atoms with Crippen molar-refractivity contribution in [3.05, 3.63) is 40.7 Å². The average Bonchev–Trinajstić information content (AvgIpc) is 3.26. The van der Waals surface area contributed by atoms with E-state index in [9.17, 15) is 4.21 Å².